The second-order valence-corrected chi connectivity index (χ2v) is 8.55. The van der Waals surface area contributed by atoms with Gasteiger partial charge in [0.05, 0.1) is 11.8 Å². The molecule has 0 N–H and O–H groups in total. The van der Waals surface area contributed by atoms with E-state index in [1.807, 2.05) is 6.92 Å². The van der Waals surface area contributed by atoms with E-state index < -0.39 is 0 Å². The van der Waals surface area contributed by atoms with Crippen molar-refractivity contribution < 1.29 is 9.13 Å². The average Bonchev–Trinajstić information content (AvgIpc) is 3.37. The molecule has 1 aliphatic heterocycles. The van der Waals surface area contributed by atoms with Crippen LogP contribution in [0.15, 0.2) is 6.33 Å². The van der Waals surface area contributed by atoms with Crippen molar-refractivity contribution in [1.82, 2.24) is 14.9 Å². The van der Waals surface area contributed by atoms with Crippen LogP contribution >= 0.6 is 0 Å². The van der Waals surface area contributed by atoms with Crippen LogP contribution in [0.3, 0.4) is 0 Å². The number of aryl methyl sites for hydroxylation is 1. The van der Waals surface area contributed by atoms with Gasteiger partial charge in [-0.15, -0.1) is 0 Å². The van der Waals surface area contributed by atoms with E-state index in [2.05, 4.69) is 33.9 Å². The van der Waals surface area contributed by atoms with Crippen LogP contribution < -0.4 is 4.90 Å². The Morgan fingerprint density at radius 2 is 1.92 bits per heavy atom. The Morgan fingerprint density at radius 3 is 2.58 bits per heavy atom. The topological polar surface area (TPSA) is 41.5 Å². The van der Waals surface area contributed by atoms with Crippen LogP contribution in [0.4, 0.5) is 10.2 Å². The lowest BCUT2D eigenvalue weighted by Crippen LogP contribution is -2.48. The molecule has 1 saturated heterocycles. The van der Waals surface area contributed by atoms with E-state index in [4.69, 9.17) is 4.74 Å². The molecule has 2 saturated carbocycles. The number of fused-ring (bicyclic) bond motifs is 1. The van der Waals surface area contributed by atoms with Gasteiger partial charge in [0.15, 0.2) is 11.6 Å². The Morgan fingerprint density at radius 1 is 1.19 bits per heavy atom. The van der Waals surface area contributed by atoms with E-state index in [1.54, 1.807) is 0 Å². The minimum atomic E-state index is -0.237. The maximum absolute atomic E-state index is 14.7. The monoisotopic (exact) mass is 362 g/mol. The Bertz CT molecular complexity index is 636. The minimum Gasteiger partial charge on any atom is -0.376 e. The third-order valence-corrected chi connectivity index (χ3v) is 6.47. The number of aromatic nitrogens is 2. The highest BCUT2D eigenvalue weighted by atomic mass is 19.1. The number of halogens is 1. The fraction of sp³-hybridized carbons (Fsp3) is 0.800. The summed E-state index contributed by atoms with van der Waals surface area (Å²) < 4.78 is 21.0. The van der Waals surface area contributed by atoms with Gasteiger partial charge in [-0.1, -0.05) is 6.92 Å². The zero-order valence-corrected chi connectivity index (χ0v) is 16.2. The highest BCUT2D eigenvalue weighted by molar-refractivity contribution is 5.42. The summed E-state index contributed by atoms with van der Waals surface area (Å²) in [5, 5.41) is 0. The summed E-state index contributed by atoms with van der Waals surface area (Å²) in [5.74, 6) is 2.19. The minimum absolute atomic E-state index is 0.237. The van der Waals surface area contributed by atoms with Gasteiger partial charge in [0, 0.05) is 25.7 Å². The number of hydrogen-bond donors (Lipinski definition) is 0. The Balaban J connectivity index is 1.47. The van der Waals surface area contributed by atoms with E-state index in [1.165, 1.54) is 19.2 Å². The van der Waals surface area contributed by atoms with Gasteiger partial charge >= 0.3 is 0 Å². The van der Waals surface area contributed by atoms with E-state index in [0.29, 0.717) is 41.9 Å². The molecule has 0 bridgehead atoms. The second kappa shape index (κ2) is 7.39. The molecule has 3 fully saturated rings. The fourth-order valence-electron chi connectivity index (χ4n) is 4.69. The lowest BCUT2D eigenvalue weighted by molar-refractivity contribution is -0.0493. The van der Waals surface area contributed by atoms with Crippen molar-refractivity contribution in [3.05, 3.63) is 17.8 Å². The molecule has 2 heterocycles. The summed E-state index contributed by atoms with van der Waals surface area (Å²) >= 11 is 0. The molecule has 5 nitrogen and oxygen atoms in total. The summed E-state index contributed by atoms with van der Waals surface area (Å²) in [6.07, 6.45) is 7.25. The summed E-state index contributed by atoms with van der Waals surface area (Å²) in [6, 6.07) is 0.455. The molecular weight excluding hydrogens is 331 g/mol. The van der Waals surface area contributed by atoms with Crippen molar-refractivity contribution in [3.63, 3.8) is 0 Å². The lowest BCUT2D eigenvalue weighted by Gasteiger charge is -2.41. The van der Waals surface area contributed by atoms with Crippen molar-refractivity contribution in [1.29, 1.82) is 0 Å². The number of likely N-dealkylation sites (N-methyl/N-ethyl adjacent to an activating group) is 1. The van der Waals surface area contributed by atoms with Gasteiger partial charge in [0.1, 0.15) is 6.33 Å². The molecular formula is C20H31FN4O. The van der Waals surface area contributed by atoms with Gasteiger partial charge in [-0.2, -0.15) is 0 Å². The normalized spacial score (nSPS) is 31.5. The summed E-state index contributed by atoms with van der Waals surface area (Å²) in [4.78, 5) is 12.8. The van der Waals surface area contributed by atoms with Crippen LogP contribution in [0.2, 0.25) is 0 Å². The van der Waals surface area contributed by atoms with E-state index in [0.717, 1.165) is 38.5 Å². The first kappa shape index (κ1) is 18.1. The highest BCUT2D eigenvalue weighted by Crippen LogP contribution is 2.41. The van der Waals surface area contributed by atoms with E-state index in [-0.39, 0.29) is 5.82 Å². The predicted molar refractivity (Wildman–Crippen MR) is 99.7 cm³/mol. The number of ether oxygens (including phenoxy) is 1. The lowest BCUT2D eigenvalue weighted by atomic mass is 9.77. The highest BCUT2D eigenvalue weighted by Gasteiger charge is 2.44. The molecule has 0 aromatic carbocycles. The van der Waals surface area contributed by atoms with Crippen molar-refractivity contribution in [2.45, 2.75) is 51.2 Å². The van der Waals surface area contributed by atoms with Crippen molar-refractivity contribution in [2.24, 2.45) is 17.8 Å². The molecule has 3 aliphatic rings. The fourth-order valence-corrected chi connectivity index (χ4v) is 4.69. The first-order valence-electron chi connectivity index (χ1n) is 10.1. The molecule has 1 aromatic heterocycles. The molecule has 6 heteroatoms. The van der Waals surface area contributed by atoms with Crippen molar-refractivity contribution >= 4 is 5.82 Å². The molecule has 4 rings (SSSR count). The van der Waals surface area contributed by atoms with Gasteiger partial charge in [0.25, 0.3) is 0 Å². The average molecular weight is 362 g/mol. The summed E-state index contributed by atoms with van der Waals surface area (Å²) in [6.45, 7) is 4.62. The van der Waals surface area contributed by atoms with Gasteiger partial charge in [-0.05, 0) is 64.0 Å². The van der Waals surface area contributed by atoms with Crippen LogP contribution in [-0.2, 0) is 11.2 Å². The number of nitrogens with zero attached hydrogens (tertiary/aromatic N) is 4. The number of hydrogen-bond acceptors (Lipinski definition) is 5. The third-order valence-electron chi connectivity index (χ3n) is 6.47. The number of anilines is 1. The maximum Gasteiger partial charge on any atom is 0.187 e. The maximum atomic E-state index is 14.7. The summed E-state index contributed by atoms with van der Waals surface area (Å²) in [5.41, 5.74) is 0.515. The van der Waals surface area contributed by atoms with Gasteiger partial charge in [-0.3, -0.25) is 0 Å². The first-order valence-corrected chi connectivity index (χ1v) is 10.1. The summed E-state index contributed by atoms with van der Waals surface area (Å²) in [7, 11) is 4.31. The Labute approximate surface area is 155 Å². The van der Waals surface area contributed by atoms with Crippen molar-refractivity contribution in [2.75, 3.05) is 38.7 Å². The molecule has 0 radical (unpaired) electrons. The van der Waals surface area contributed by atoms with E-state index in [9.17, 15) is 4.39 Å². The van der Waals surface area contributed by atoms with Crippen LogP contribution in [-0.4, -0.2) is 60.8 Å². The molecule has 1 aromatic rings. The van der Waals surface area contributed by atoms with Gasteiger partial charge in [0.2, 0.25) is 0 Å². The van der Waals surface area contributed by atoms with Crippen LogP contribution in [0, 0.1) is 23.6 Å². The molecule has 144 valence electrons. The zero-order chi connectivity index (χ0) is 18.3. The standard InChI is InChI=1S/C20H31FN4O/c1-4-16-19(21)20(23-12-22-16)25-9-14-7-17(24(2)3)18(8-15(14)10-25)26-11-13-5-6-13/h12-15,17-18H,4-11H2,1-3H3/t14-,15+,17-,18-/m1/s1. The van der Waals surface area contributed by atoms with Crippen molar-refractivity contribution in [3.8, 4) is 0 Å². The van der Waals surface area contributed by atoms with Crippen LogP contribution in [0.1, 0.15) is 38.3 Å². The Kier molecular flexibility index (Phi) is 5.15. The van der Waals surface area contributed by atoms with Crippen LogP contribution in [0.25, 0.3) is 0 Å². The largest absolute Gasteiger partial charge is 0.376 e. The van der Waals surface area contributed by atoms with Gasteiger partial charge < -0.3 is 14.5 Å². The second-order valence-electron chi connectivity index (χ2n) is 8.55. The number of rotatable bonds is 6. The molecule has 4 atom stereocenters. The first-order chi connectivity index (χ1) is 12.6. The quantitative estimate of drug-likeness (QED) is 0.778. The molecule has 2 aliphatic carbocycles. The van der Waals surface area contributed by atoms with E-state index >= 15 is 0 Å². The zero-order valence-electron chi connectivity index (χ0n) is 16.2. The van der Waals surface area contributed by atoms with Gasteiger partial charge in [-0.25, -0.2) is 14.4 Å². The Hall–Kier alpha value is -1.27. The molecule has 26 heavy (non-hydrogen) atoms. The predicted octanol–water partition coefficient (Wildman–Crippen LogP) is 2.75. The molecule has 0 spiro atoms. The SMILES string of the molecule is CCc1ncnc(N2C[C@H]3C[C@@H](N(C)C)[C@H](OCC4CC4)C[C@H]3C2)c1F. The van der Waals surface area contributed by atoms with Crippen LogP contribution in [0.5, 0.6) is 0 Å². The third kappa shape index (κ3) is 3.58. The smallest absolute Gasteiger partial charge is 0.187 e. The molecule has 0 amide bonds. The molecule has 0 unspecified atom stereocenters.